The van der Waals surface area contributed by atoms with E-state index in [2.05, 4.69) is 10.4 Å². The lowest BCUT2D eigenvalue weighted by Gasteiger charge is -2.44. The number of aryl methyl sites for hydroxylation is 1. The largest absolute Gasteiger partial charge is 0.461 e. The highest BCUT2D eigenvalue weighted by Gasteiger charge is 2.48. The van der Waals surface area contributed by atoms with Crippen LogP contribution in [0.5, 0.6) is 0 Å². The van der Waals surface area contributed by atoms with E-state index in [0.29, 0.717) is 0 Å². The third-order valence-corrected chi connectivity index (χ3v) is 6.63. The second kappa shape index (κ2) is 9.37. The number of hydrogen-bond donors (Lipinski definition) is 1. The van der Waals surface area contributed by atoms with Crippen LogP contribution in [0.25, 0.3) is 0 Å². The third kappa shape index (κ3) is 4.65. The van der Waals surface area contributed by atoms with E-state index in [1.165, 1.54) is 17.2 Å². The van der Waals surface area contributed by atoms with Crippen LogP contribution >= 0.6 is 0 Å². The molecule has 0 radical (unpaired) electrons. The fraction of sp³-hybridized carbons (Fsp3) is 0.520. The van der Waals surface area contributed by atoms with Crippen LogP contribution in [0.1, 0.15) is 78.1 Å². The van der Waals surface area contributed by atoms with Crippen molar-refractivity contribution in [3.63, 3.8) is 0 Å². The Morgan fingerprint density at radius 2 is 1.97 bits per heavy atom. The molecule has 1 atom stereocenters. The Hall–Kier alpha value is -3.16. The maximum atomic E-state index is 13.6. The van der Waals surface area contributed by atoms with Crippen molar-refractivity contribution in [1.82, 2.24) is 20.0 Å². The van der Waals surface area contributed by atoms with Gasteiger partial charge in [0.2, 0.25) is 5.91 Å². The quantitative estimate of drug-likeness (QED) is 0.679. The normalized spacial score (nSPS) is 20.9. The van der Waals surface area contributed by atoms with Gasteiger partial charge >= 0.3 is 5.97 Å². The molecule has 1 aliphatic heterocycles. The number of nitrogens with one attached hydrogen (secondary N) is 1. The molecule has 0 spiro atoms. The third-order valence-electron chi connectivity index (χ3n) is 6.63. The zero-order chi connectivity index (χ0) is 23.6. The van der Waals surface area contributed by atoms with Gasteiger partial charge in [-0.15, -0.1) is 0 Å². The molecule has 2 amide bonds. The van der Waals surface area contributed by atoms with Gasteiger partial charge in [-0.25, -0.2) is 4.79 Å². The fourth-order valence-electron chi connectivity index (χ4n) is 4.78. The average Bonchev–Trinajstić information content (AvgIpc) is 3.21. The lowest BCUT2D eigenvalue weighted by Crippen LogP contribution is -2.64. The number of nitrogens with zero attached hydrogens (tertiary/aromatic N) is 3. The van der Waals surface area contributed by atoms with Crippen LogP contribution in [-0.4, -0.2) is 50.7 Å². The van der Waals surface area contributed by atoms with E-state index in [-0.39, 0.29) is 48.9 Å². The number of carbonyl (C=O) groups excluding carboxylic acids is 3. The summed E-state index contributed by atoms with van der Waals surface area (Å²) < 4.78 is 6.53. The van der Waals surface area contributed by atoms with Crippen LogP contribution in [0.2, 0.25) is 0 Å². The Balaban J connectivity index is 1.68. The highest BCUT2D eigenvalue weighted by atomic mass is 16.5. The van der Waals surface area contributed by atoms with Crippen LogP contribution in [0, 0.1) is 6.92 Å². The number of rotatable bonds is 6. The van der Waals surface area contributed by atoms with Gasteiger partial charge in [-0.3, -0.25) is 14.3 Å². The minimum atomic E-state index is -1.15. The van der Waals surface area contributed by atoms with Gasteiger partial charge < -0.3 is 15.0 Å². The summed E-state index contributed by atoms with van der Waals surface area (Å²) in [5.41, 5.74) is 1.24. The standard InChI is InChI=1S/C25H32N4O4/c1-4-33-23(31)20-14-21-22(30)28(15-18-10-8-9-17(2)13-18)25(3,16-29(21)27-20)24(32)26-19-11-6-5-7-12-19/h8-10,13-14,19H,4-7,11-12,15-16H2,1-3H3,(H,26,32). The number of ether oxygens (including phenoxy) is 1. The molecule has 0 saturated heterocycles. The summed E-state index contributed by atoms with van der Waals surface area (Å²) in [7, 11) is 0. The molecule has 2 aromatic rings. The molecular weight excluding hydrogens is 420 g/mol. The van der Waals surface area contributed by atoms with Crippen LogP contribution < -0.4 is 5.32 Å². The van der Waals surface area contributed by atoms with E-state index in [4.69, 9.17) is 4.74 Å². The number of aromatic nitrogens is 2. The molecule has 1 aliphatic carbocycles. The highest BCUT2D eigenvalue weighted by Crippen LogP contribution is 2.30. The molecule has 4 rings (SSSR count). The molecule has 2 aliphatic rings. The van der Waals surface area contributed by atoms with Crippen molar-refractivity contribution in [3.8, 4) is 0 Å². The van der Waals surface area contributed by atoms with Crippen molar-refractivity contribution in [2.45, 2.75) is 77.5 Å². The molecule has 2 heterocycles. The summed E-state index contributed by atoms with van der Waals surface area (Å²) in [4.78, 5) is 41.1. The average molecular weight is 453 g/mol. The predicted molar refractivity (Wildman–Crippen MR) is 123 cm³/mol. The monoisotopic (exact) mass is 452 g/mol. The van der Waals surface area contributed by atoms with Crippen molar-refractivity contribution in [2.75, 3.05) is 6.61 Å². The van der Waals surface area contributed by atoms with Gasteiger partial charge in [0.15, 0.2) is 5.69 Å². The second-order valence-corrected chi connectivity index (χ2v) is 9.26. The van der Waals surface area contributed by atoms with E-state index >= 15 is 0 Å². The Morgan fingerprint density at radius 1 is 1.21 bits per heavy atom. The van der Waals surface area contributed by atoms with Crippen LogP contribution in [-0.2, 0) is 22.6 Å². The molecular formula is C25H32N4O4. The second-order valence-electron chi connectivity index (χ2n) is 9.26. The van der Waals surface area contributed by atoms with Gasteiger partial charge in [-0.1, -0.05) is 49.1 Å². The van der Waals surface area contributed by atoms with Crippen LogP contribution in [0.3, 0.4) is 0 Å². The Labute approximate surface area is 194 Å². The molecule has 1 N–H and O–H groups in total. The van der Waals surface area contributed by atoms with E-state index in [0.717, 1.165) is 36.8 Å². The highest BCUT2D eigenvalue weighted by molar-refractivity contribution is 6.01. The Kier molecular flexibility index (Phi) is 6.54. The predicted octanol–water partition coefficient (Wildman–Crippen LogP) is 3.23. The van der Waals surface area contributed by atoms with Crippen molar-refractivity contribution in [2.24, 2.45) is 0 Å². The molecule has 176 valence electrons. The van der Waals surface area contributed by atoms with Gasteiger partial charge in [0.1, 0.15) is 11.2 Å². The number of esters is 1. The van der Waals surface area contributed by atoms with Crippen molar-refractivity contribution < 1.29 is 19.1 Å². The SMILES string of the molecule is CCOC(=O)c1cc2n(n1)CC(C)(C(=O)NC1CCCCC1)N(Cc1cccc(C)c1)C2=O. The van der Waals surface area contributed by atoms with Crippen molar-refractivity contribution >= 4 is 17.8 Å². The summed E-state index contributed by atoms with van der Waals surface area (Å²) in [6.07, 6.45) is 5.29. The van der Waals surface area contributed by atoms with Gasteiger partial charge in [0, 0.05) is 18.7 Å². The number of amides is 2. The molecule has 8 nitrogen and oxygen atoms in total. The molecule has 1 unspecified atom stereocenters. The van der Waals surface area contributed by atoms with E-state index in [9.17, 15) is 14.4 Å². The van der Waals surface area contributed by atoms with Crippen LogP contribution in [0.4, 0.5) is 0 Å². The molecule has 1 aromatic carbocycles. The van der Waals surface area contributed by atoms with E-state index in [1.54, 1.807) is 18.7 Å². The van der Waals surface area contributed by atoms with Gasteiger partial charge in [-0.2, -0.15) is 5.10 Å². The lowest BCUT2D eigenvalue weighted by atomic mass is 9.91. The van der Waals surface area contributed by atoms with Crippen molar-refractivity contribution in [3.05, 3.63) is 52.8 Å². The molecule has 33 heavy (non-hydrogen) atoms. The zero-order valence-corrected chi connectivity index (χ0v) is 19.6. The first kappa shape index (κ1) is 23.0. The Morgan fingerprint density at radius 3 is 2.67 bits per heavy atom. The fourth-order valence-corrected chi connectivity index (χ4v) is 4.78. The Bertz CT molecular complexity index is 1060. The number of benzene rings is 1. The summed E-state index contributed by atoms with van der Waals surface area (Å²) in [5.74, 6) is -1.09. The topological polar surface area (TPSA) is 93.5 Å². The summed E-state index contributed by atoms with van der Waals surface area (Å²) >= 11 is 0. The summed E-state index contributed by atoms with van der Waals surface area (Å²) in [5, 5.41) is 7.51. The first-order chi connectivity index (χ1) is 15.8. The molecule has 0 bridgehead atoms. The molecule has 8 heteroatoms. The molecule has 1 fully saturated rings. The first-order valence-corrected chi connectivity index (χ1v) is 11.8. The van der Waals surface area contributed by atoms with E-state index in [1.807, 2.05) is 31.2 Å². The van der Waals surface area contributed by atoms with E-state index < -0.39 is 11.5 Å². The molecule has 1 saturated carbocycles. The van der Waals surface area contributed by atoms with Gasteiger partial charge in [0.05, 0.1) is 13.2 Å². The number of carbonyl (C=O) groups is 3. The van der Waals surface area contributed by atoms with Crippen molar-refractivity contribution in [1.29, 1.82) is 0 Å². The summed E-state index contributed by atoms with van der Waals surface area (Å²) in [6.45, 7) is 6.17. The minimum Gasteiger partial charge on any atom is -0.461 e. The first-order valence-electron chi connectivity index (χ1n) is 11.8. The molecule has 1 aromatic heterocycles. The minimum absolute atomic E-state index is 0.0765. The van der Waals surface area contributed by atoms with Gasteiger partial charge in [-0.05, 0) is 39.2 Å². The van der Waals surface area contributed by atoms with Gasteiger partial charge in [0.25, 0.3) is 5.91 Å². The van der Waals surface area contributed by atoms with Crippen LogP contribution in [0.15, 0.2) is 30.3 Å². The summed E-state index contributed by atoms with van der Waals surface area (Å²) in [6, 6.07) is 9.49. The smallest absolute Gasteiger partial charge is 0.358 e. The maximum Gasteiger partial charge on any atom is 0.358 e. The number of hydrogen-bond acceptors (Lipinski definition) is 5. The number of fused-ring (bicyclic) bond motifs is 1. The lowest BCUT2D eigenvalue weighted by molar-refractivity contribution is -0.134. The zero-order valence-electron chi connectivity index (χ0n) is 19.6. The maximum absolute atomic E-state index is 13.6.